The first kappa shape index (κ1) is 50.9. The van der Waals surface area contributed by atoms with Gasteiger partial charge >= 0.3 is 49.0 Å². The summed E-state index contributed by atoms with van der Waals surface area (Å²) in [5.41, 5.74) is 0. The Morgan fingerprint density at radius 3 is 1.33 bits per heavy atom. The molecule has 7 heteroatoms. The molecule has 0 radical (unpaired) electrons. The van der Waals surface area contributed by atoms with Gasteiger partial charge in [-0.3, -0.25) is 0 Å². The zero-order chi connectivity index (χ0) is 3.58. The number of hydrogen-bond donors (Lipinski definition) is 0. The summed E-state index contributed by atoms with van der Waals surface area (Å²) in [6, 6.07) is 0. The smallest absolute Gasteiger partial charge is 0.870 e. The van der Waals surface area contributed by atoms with Crippen LogP contribution in [0.2, 0.25) is 0 Å². The molecule has 0 saturated heterocycles. The molecule has 0 aliphatic heterocycles. The van der Waals surface area contributed by atoms with Crippen molar-refractivity contribution in [3.8, 4) is 0 Å². The molecule has 0 rings (SSSR count). The summed E-state index contributed by atoms with van der Waals surface area (Å²) >= 11 is 0. The van der Waals surface area contributed by atoms with Crippen molar-refractivity contribution in [2.24, 2.45) is 0 Å². The fourth-order valence-corrected chi connectivity index (χ4v) is 0. The second-order valence-electron chi connectivity index (χ2n) is 0.492. The van der Waals surface area contributed by atoms with Gasteiger partial charge in [0.15, 0.2) is 0 Å². The second kappa shape index (κ2) is 36.1. The molecule has 5 N–H and O–H groups in total. The van der Waals surface area contributed by atoms with Crippen LogP contribution in [0.5, 0.6) is 0 Å². The van der Waals surface area contributed by atoms with Gasteiger partial charge in [-0.2, -0.15) is 0 Å². The van der Waals surface area contributed by atoms with Gasteiger partial charge in [-0.25, -0.2) is 0 Å². The van der Waals surface area contributed by atoms with Gasteiger partial charge < -0.3 is 26.3 Å². The molecule has 0 atom stereocenters. The summed E-state index contributed by atoms with van der Waals surface area (Å²) in [5, 5.41) is 8.89. The minimum Gasteiger partial charge on any atom is -0.870 e. The van der Waals surface area contributed by atoms with Crippen LogP contribution in [0, 0.1) is 0 Å². The third-order valence-corrected chi connectivity index (χ3v) is 0. The van der Waals surface area contributed by atoms with Gasteiger partial charge in [0.05, 0.1) is 0 Å². The number of aliphatic carboxylic acids is 1. The molecule has 0 aromatic carbocycles. The molecule has 9 heavy (non-hydrogen) atoms. The van der Waals surface area contributed by atoms with Crippen LogP contribution < -0.4 is 34.7 Å². The fraction of sp³-hybridized carbons (Fsp3) is 0.500. The largest absolute Gasteiger partial charge is 2.00 e. The van der Waals surface area contributed by atoms with Crippen LogP contribution in [-0.2, 0) is 24.3 Å². The fourth-order valence-electron chi connectivity index (χ4n) is 0. The summed E-state index contributed by atoms with van der Waals surface area (Å²) in [6.45, 7) is 0.972. The van der Waals surface area contributed by atoms with E-state index >= 15 is 0 Å². The molecule has 0 aromatic rings. The molecular weight excluding hydrogens is 192 g/mol. The van der Waals surface area contributed by atoms with Crippen LogP contribution in [-0.4, -0.2) is 22.4 Å². The van der Waals surface area contributed by atoms with Crippen LogP contribution in [0.1, 0.15) is 6.92 Å². The number of carboxylic acid groups (broad SMARTS) is 1. The van der Waals surface area contributed by atoms with Gasteiger partial charge in [0.25, 0.3) is 0 Å². The summed E-state index contributed by atoms with van der Waals surface area (Å²) in [4.78, 5) is 8.89. The molecule has 0 aliphatic carbocycles. The molecule has 0 heterocycles. The summed E-state index contributed by atoms with van der Waals surface area (Å²) in [6.07, 6.45) is 0. The van der Waals surface area contributed by atoms with Crippen molar-refractivity contribution < 1.29 is 75.4 Å². The molecular formula is C2H8NaO5Zn+. The van der Waals surface area contributed by atoms with Crippen LogP contribution >= 0.6 is 0 Å². The predicted molar refractivity (Wildman–Crippen MR) is 19.8 cm³/mol. The van der Waals surface area contributed by atoms with Crippen molar-refractivity contribution in [1.82, 2.24) is 0 Å². The minimum atomic E-state index is -1.08. The Kier molecular flexibility index (Phi) is 204. The maximum Gasteiger partial charge on any atom is 2.00 e. The van der Waals surface area contributed by atoms with E-state index in [-0.39, 0.29) is 65.5 Å². The first-order valence-electron chi connectivity index (χ1n) is 0.908. The number of carboxylic acids is 1. The molecule has 0 aliphatic rings. The first-order valence-corrected chi connectivity index (χ1v) is 0.908. The molecule has 0 bridgehead atoms. The van der Waals surface area contributed by atoms with Crippen molar-refractivity contribution in [1.29, 1.82) is 0 Å². The number of hydrogen-bond acceptors (Lipinski definition) is 3. The van der Waals surface area contributed by atoms with E-state index < -0.39 is 5.97 Å². The Morgan fingerprint density at radius 1 is 1.33 bits per heavy atom. The van der Waals surface area contributed by atoms with Crippen LogP contribution in [0.15, 0.2) is 0 Å². The Balaban J connectivity index is -0.00000000450. The number of carbonyl (C=O) groups is 1. The van der Waals surface area contributed by atoms with E-state index in [9.17, 15) is 0 Å². The van der Waals surface area contributed by atoms with E-state index in [2.05, 4.69) is 0 Å². The average molecular weight is 200 g/mol. The molecule has 0 saturated carbocycles. The molecule has 0 amide bonds. The monoisotopic (exact) mass is 199 g/mol. The van der Waals surface area contributed by atoms with Crippen molar-refractivity contribution in [3.63, 3.8) is 0 Å². The Labute approximate surface area is 87.8 Å². The van der Waals surface area contributed by atoms with E-state index in [0.29, 0.717) is 0 Å². The van der Waals surface area contributed by atoms with Gasteiger partial charge in [-0.15, -0.1) is 0 Å². The van der Waals surface area contributed by atoms with Crippen molar-refractivity contribution in [2.75, 3.05) is 0 Å². The Hall–Kier alpha value is 0.973. The summed E-state index contributed by atoms with van der Waals surface area (Å²) < 4.78 is 0. The van der Waals surface area contributed by atoms with Gasteiger partial charge in [0, 0.05) is 5.97 Å². The number of rotatable bonds is 0. The third kappa shape index (κ3) is 461. The average Bonchev–Trinajstić information content (AvgIpc) is 0.811. The van der Waals surface area contributed by atoms with Crippen molar-refractivity contribution in [2.45, 2.75) is 6.92 Å². The SMILES string of the molecule is CC(=O)[O-].O.O.[Na+].[OH-].[Zn+2]. The van der Waals surface area contributed by atoms with E-state index in [4.69, 9.17) is 9.90 Å². The van der Waals surface area contributed by atoms with Crippen LogP contribution in [0.25, 0.3) is 0 Å². The van der Waals surface area contributed by atoms with E-state index in [0.717, 1.165) is 6.92 Å². The normalized spacial score (nSPS) is 2.78. The Morgan fingerprint density at radius 2 is 1.33 bits per heavy atom. The standard InChI is InChI=1S/C2H4O2.Na.3H2O.Zn/c1-2(3)4;;;;;/h1H3,(H,3,4);;3*1H2;/q;+1;;;;+2/p-2. The van der Waals surface area contributed by atoms with Gasteiger partial charge in [0.2, 0.25) is 0 Å². The summed E-state index contributed by atoms with van der Waals surface area (Å²) in [5.74, 6) is -1.08. The molecule has 5 nitrogen and oxygen atoms in total. The predicted octanol–water partition coefficient (Wildman–Crippen LogP) is -6.07. The third-order valence-electron chi connectivity index (χ3n) is 0. The molecule has 0 aromatic heterocycles. The summed E-state index contributed by atoms with van der Waals surface area (Å²) in [7, 11) is 0. The van der Waals surface area contributed by atoms with Gasteiger partial charge in [-0.05, 0) is 6.92 Å². The second-order valence-corrected chi connectivity index (χ2v) is 0.492. The van der Waals surface area contributed by atoms with Gasteiger partial charge in [-0.1, -0.05) is 0 Å². The first-order chi connectivity index (χ1) is 1.73. The van der Waals surface area contributed by atoms with E-state index in [1.54, 1.807) is 0 Å². The zero-order valence-electron chi connectivity index (χ0n) is 5.47. The Bertz CT molecular complexity index is 37.9. The number of carbonyl (C=O) groups excluding carboxylic acids is 1. The quantitative estimate of drug-likeness (QED) is 0.360. The van der Waals surface area contributed by atoms with E-state index in [1.165, 1.54) is 0 Å². The zero-order valence-corrected chi connectivity index (χ0v) is 10.4. The van der Waals surface area contributed by atoms with E-state index in [1.807, 2.05) is 0 Å². The van der Waals surface area contributed by atoms with Gasteiger partial charge in [0.1, 0.15) is 0 Å². The van der Waals surface area contributed by atoms with Crippen LogP contribution in [0.3, 0.4) is 0 Å². The minimum absolute atomic E-state index is 0. The van der Waals surface area contributed by atoms with Crippen molar-refractivity contribution in [3.05, 3.63) is 0 Å². The maximum absolute atomic E-state index is 8.89. The molecule has 0 spiro atoms. The maximum atomic E-state index is 8.89. The topological polar surface area (TPSA) is 133 Å². The molecule has 48 valence electrons. The molecule has 0 fully saturated rings. The molecule has 0 unspecified atom stereocenters. The van der Waals surface area contributed by atoms with Crippen molar-refractivity contribution >= 4 is 5.97 Å². The van der Waals surface area contributed by atoms with Crippen LogP contribution in [0.4, 0.5) is 0 Å².